The number of rotatable bonds is 5. The second-order valence-corrected chi connectivity index (χ2v) is 6.56. The fourth-order valence-electron chi connectivity index (χ4n) is 3.55. The monoisotopic (exact) mass is 354 g/mol. The first kappa shape index (κ1) is 16.6. The third-order valence-electron chi connectivity index (χ3n) is 4.98. The van der Waals surface area contributed by atoms with Crippen molar-refractivity contribution in [2.45, 2.75) is 32.5 Å². The molecule has 136 valence electrons. The lowest BCUT2D eigenvalue weighted by molar-refractivity contribution is 0.552. The van der Waals surface area contributed by atoms with Gasteiger partial charge >= 0.3 is 5.69 Å². The molecule has 1 atom stereocenters. The highest BCUT2D eigenvalue weighted by molar-refractivity contribution is 5.79. The largest absolute Gasteiger partial charge is 0.356 e. The van der Waals surface area contributed by atoms with Crippen molar-refractivity contribution in [3.63, 3.8) is 0 Å². The van der Waals surface area contributed by atoms with E-state index in [0.717, 1.165) is 37.1 Å². The molecule has 0 unspecified atom stereocenters. The van der Waals surface area contributed by atoms with Crippen LogP contribution in [0.1, 0.15) is 18.9 Å². The Labute approximate surface area is 149 Å². The molecule has 26 heavy (non-hydrogen) atoms. The molecule has 0 spiro atoms. The molecular weight excluding hydrogens is 332 g/mol. The van der Waals surface area contributed by atoms with Crippen molar-refractivity contribution in [3.05, 3.63) is 57.0 Å². The van der Waals surface area contributed by atoms with Crippen LogP contribution in [0.2, 0.25) is 0 Å². The van der Waals surface area contributed by atoms with E-state index >= 15 is 0 Å². The highest BCUT2D eigenvalue weighted by Crippen LogP contribution is 2.18. The molecule has 4 rings (SSSR count). The average Bonchev–Trinajstić information content (AvgIpc) is 3.29. The van der Waals surface area contributed by atoms with Gasteiger partial charge in [0.25, 0.3) is 5.56 Å². The summed E-state index contributed by atoms with van der Waals surface area (Å²) >= 11 is 0. The van der Waals surface area contributed by atoms with Crippen LogP contribution in [-0.4, -0.2) is 38.7 Å². The molecular formula is C18H22N6O2. The molecule has 0 amide bonds. The lowest BCUT2D eigenvalue weighted by Gasteiger charge is -2.19. The van der Waals surface area contributed by atoms with Gasteiger partial charge in [-0.3, -0.25) is 14.3 Å². The lowest BCUT2D eigenvalue weighted by Crippen LogP contribution is -2.37. The maximum Gasteiger partial charge on any atom is 0.329 e. The number of aromatic nitrogens is 4. The van der Waals surface area contributed by atoms with Crippen LogP contribution < -0.4 is 21.5 Å². The van der Waals surface area contributed by atoms with Gasteiger partial charge in [-0.2, -0.15) is 0 Å². The van der Waals surface area contributed by atoms with Gasteiger partial charge in [0, 0.05) is 56.1 Å². The van der Waals surface area contributed by atoms with Crippen molar-refractivity contribution in [3.8, 4) is 0 Å². The molecule has 0 aliphatic carbocycles. The van der Waals surface area contributed by atoms with Crippen molar-refractivity contribution in [1.82, 2.24) is 24.8 Å². The van der Waals surface area contributed by atoms with E-state index in [9.17, 15) is 9.59 Å². The molecule has 0 bridgehead atoms. The van der Waals surface area contributed by atoms with Gasteiger partial charge in [0.1, 0.15) is 11.5 Å². The summed E-state index contributed by atoms with van der Waals surface area (Å²) in [4.78, 5) is 36.3. The molecule has 8 heteroatoms. The maximum atomic E-state index is 12.0. The molecule has 1 fully saturated rings. The SMILES string of the molecule is CCn1c(=O)cc(N2CC[C@@H](NCc3ccnc4[nH]ccc34)C2)[nH]c1=O. The molecule has 1 aliphatic rings. The fourth-order valence-corrected chi connectivity index (χ4v) is 3.55. The first-order chi connectivity index (χ1) is 12.7. The van der Waals surface area contributed by atoms with Crippen LogP contribution in [0, 0.1) is 0 Å². The number of anilines is 1. The quantitative estimate of drug-likeness (QED) is 0.629. The predicted molar refractivity (Wildman–Crippen MR) is 101 cm³/mol. The summed E-state index contributed by atoms with van der Waals surface area (Å²) in [7, 11) is 0. The topological polar surface area (TPSA) is 98.8 Å². The minimum absolute atomic E-state index is 0.255. The third kappa shape index (κ3) is 3.03. The second-order valence-electron chi connectivity index (χ2n) is 6.56. The molecule has 1 aliphatic heterocycles. The Morgan fingerprint density at radius 1 is 1.35 bits per heavy atom. The number of pyridine rings is 1. The lowest BCUT2D eigenvalue weighted by atomic mass is 10.1. The van der Waals surface area contributed by atoms with Gasteiger partial charge in [0.15, 0.2) is 0 Å². The number of aromatic amines is 2. The Morgan fingerprint density at radius 2 is 2.23 bits per heavy atom. The van der Waals surface area contributed by atoms with Crippen LogP contribution in [0.5, 0.6) is 0 Å². The van der Waals surface area contributed by atoms with E-state index in [2.05, 4.69) is 25.2 Å². The van der Waals surface area contributed by atoms with Gasteiger partial charge in [-0.1, -0.05) is 0 Å². The number of nitrogens with one attached hydrogen (secondary N) is 3. The summed E-state index contributed by atoms with van der Waals surface area (Å²) in [6, 6.07) is 5.87. The Balaban J connectivity index is 1.44. The van der Waals surface area contributed by atoms with E-state index in [1.165, 1.54) is 16.2 Å². The normalized spacial score (nSPS) is 17.3. The van der Waals surface area contributed by atoms with Gasteiger partial charge in [0.2, 0.25) is 0 Å². The number of H-pyrrole nitrogens is 2. The summed E-state index contributed by atoms with van der Waals surface area (Å²) in [5.41, 5.74) is 1.49. The second kappa shape index (κ2) is 6.80. The summed E-state index contributed by atoms with van der Waals surface area (Å²) < 4.78 is 1.20. The van der Waals surface area contributed by atoms with Crippen molar-refractivity contribution >= 4 is 16.9 Å². The maximum absolute atomic E-state index is 12.0. The van der Waals surface area contributed by atoms with Gasteiger partial charge in [-0.25, -0.2) is 9.78 Å². The number of hydrogen-bond acceptors (Lipinski definition) is 5. The molecule has 0 saturated carbocycles. The van der Waals surface area contributed by atoms with E-state index in [-0.39, 0.29) is 11.2 Å². The smallest absolute Gasteiger partial charge is 0.329 e. The van der Waals surface area contributed by atoms with Crippen LogP contribution in [0.25, 0.3) is 11.0 Å². The highest BCUT2D eigenvalue weighted by Gasteiger charge is 2.23. The fraction of sp³-hybridized carbons (Fsp3) is 0.389. The summed E-state index contributed by atoms with van der Waals surface area (Å²) in [6.45, 7) is 4.47. The van der Waals surface area contributed by atoms with Crippen LogP contribution in [-0.2, 0) is 13.1 Å². The molecule has 0 aromatic carbocycles. The van der Waals surface area contributed by atoms with Crippen molar-refractivity contribution in [2.75, 3.05) is 18.0 Å². The zero-order valence-electron chi connectivity index (χ0n) is 14.7. The van der Waals surface area contributed by atoms with Crippen LogP contribution in [0.3, 0.4) is 0 Å². The zero-order chi connectivity index (χ0) is 18.1. The Bertz CT molecular complexity index is 1000. The van der Waals surface area contributed by atoms with E-state index in [4.69, 9.17) is 0 Å². The summed E-state index contributed by atoms with van der Waals surface area (Å²) in [5.74, 6) is 0.603. The Kier molecular flexibility index (Phi) is 4.34. The van der Waals surface area contributed by atoms with Crippen molar-refractivity contribution in [2.24, 2.45) is 0 Å². The Hall–Kier alpha value is -2.87. The molecule has 3 N–H and O–H groups in total. The first-order valence-corrected chi connectivity index (χ1v) is 8.89. The minimum Gasteiger partial charge on any atom is -0.356 e. The third-order valence-corrected chi connectivity index (χ3v) is 4.98. The number of hydrogen-bond donors (Lipinski definition) is 3. The molecule has 4 heterocycles. The first-order valence-electron chi connectivity index (χ1n) is 8.89. The van der Waals surface area contributed by atoms with E-state index in [0.29, 0.717) is 18.4 Å². The van der Waals surface area contributed by atoms with Gasteiger partial charge < -0.3 is 15.2 Å². The molecule has 8 nitrogen and oxygen atoms in total. The Morgan fingerprint density at radius 3 is 3.04 bits per heavy atom. The number of fused-ring (bicyclic) bond motifs is 1. The zero-order valence-corrected chi connectivity index (χ0v) is 14.7. The van der Waals surface area contributed by atoms with Gasteiger partial charge in [-0.05, 0) is 31.0 Å². The van der Waals surface area contributed by atoms with Crippen LogP contribution >= 0.6 is 0 Å². The van der Waals surface area contributed by atoms with Gasteiger partial charge in [0.05, 0.1) is 0 Å². The minimum atomic E-state index is -0.349. The van der Waals surface area contributed by atoms with Gasteiger partial charge in [-0.15, -0.1) is 0 Å². The standard InChI is InChI=1S/C18H22N6O2/c1-2-24-16(25)9-15(22-18(24)26)23-8-5-13(11-23)21-10-12-3-6-19-17-14(12)4-7-20-17/h3-4,6-7,9,13,21H,2,5,8,10-11H2,1H3,(H,19,20)(H,22,26)/t13-/m1/s1. The van der Waals surface area contributed by atoms with E-state index in [1.54, 1.807) is 6.92 Å². The molecule has 1 saturated heterocycles. The summed E-state index contributed by atoms with van der Waals surface area (Å²) in [5, 5.41) is 4.70. The van der Waals surface area contributed by atoms with Crippen molar-refractivity contribution in [1.29, 1.82) is 0 Å². The predicted octanol–water partition coefficient (Wildman–Crippen LogP) is 0.801. The molecule has 3 aromatic rings. The average molecular weight is 354 g/mol. The van der Waals surface area contributed by atoms with E-state index in [1.807, 2.05) is 24.5 Å². The molecule has 0 radical (unpaired) electrons. The molecule has 3 aromatic heterocycles. The summed E-state index contributed by atoms with van der Waals surface area (Å²) in [6.07, 6.45) is 4.66. The highest BCUT2D eigenvalue weighted by atomic mass is 16.2. The van der Waals surface area contributed by atoms with E-state index < -0.39 is 0 Å². The van der Waals surface area contributed by atoms with Crippen molar-refractivity contribution < 1.29 is 0 Å². The van der Waals surface area contributed by atoms with Crippen LogP contribution in [0.4, 0.5) is 5.82 Å². The van der Waals surface area contributed by atoms with Crippen LogP contribution in [0.15, 0.2) is 40.2 Å². The number of nitrogens with zero attached hydrogens (tertiary/aromatic N) is 3.